The van der Waals surface area contributed by atoms with Crippen molar-refractivity contribution in [3.05, 3.63) is 10.6 Å². The van der Waals surface area contributed by atoms with Gasteiger partial charge in [-0.05, 0) is 31.1 Å². The zero-order chi connectivity index (χ0) is 14.0. The molecule has 1 aliphatic carbocycles. The Labute approximate surface area is 118 Å². The molecule has 1 atom stereocenters. The average molecular weight is 281 g/mol. The molecule has 0 radical (unpaired) electrons. The highest BCUT2D eigenvalue weighted by Crippen LogP contribution is 2.29. The monoisotopic (exact) mass is 281 g/mol. The molecule has 5 heteroatoms. The Kier molecular flexibility index (Phi) is 4.26. The van der Waals surface area contributed by atoms with Gasteiger partial charge in [-0.2, -0.15) is 0 Å². The summed E-state index contributed by atoms with van der Waals surface area (Å²) in [4.78, 5) is 17.9. The maximum Gasteiger partial charge on any atom is 0.243 e. The Balaban J connectivity index is 2.06. The van der Waals surface area contributed by atoms with E-state index in [4.69, 9.17) is 5.73 Å². The van der Waals surface area contributed by atoms with Gasteiger partial charge in [-0.1, -0.05) is 27.2 Å². The maximum absolute atomic E-state index is 12.1. The highest BCUT2D eigenvalue weighted by molar-refractivity contribution is 7.15. The van der Waals surface area contributed by atoms with Crippen LogP contribution in [0.2, 0.25) is 0 Å². The number of carbonyl (C=O) groups is 1. The second-order valence-corrected chi connectivity index (χ2v) is 7.37. The molecule has 3 N–H and O–H groups in total. The van der Waals surface area contributed by atoms with Crippen molar-refractivity contribution >= 4 is 22.4 Å². The Morgan fingerprint density at radius 2 is 2.00 bits per heavy atom. The van der Waals surface area contributed by atoms with Gasteiger partial charge in [-0.25, -0.2) is 4.98 Å². The van der Waals surface area contributed by atoms with E-state index in [0.717, 1.165) is 12.8 Å². The highest BCUT2D eigenvalue weighted by atomic mass is 32.1. The van der Waals surface area contributed by atoms with Crippen LogP contribution in [0.1, 0.15) is 50.6 Å². The number of fused-ring (bicyclic) bond motifs is 1. The predicted octanol–water partition coefficient (Wildman–Crippen LogP) is 2.72. The fourth-order valence-electron chi connectivity index (χ4n) is 2.16. The van der Waals surface area contributed by atoms with Crippen LogP contribution in [-0.2, 0) is 17.6 Å². The second kappa shape index (κ2) is 5.59. The number of aryl methyl sites for hydroxylation is 2. The van der Waals surface area contributed by atoms with Crippen molar-refractivity contribution in [3.8, 4) is 0 Å². The van der Waals surface area contributed by atoms with Crippen LogP contribution in [0.15, 0.2) is 0 Å². The van der Waals surface area contributed by atoms with E-state index in [1.165, 1.54) is 29.8 Å². The summed E-state index contributed by atoms with van der Waals surface area (Å²) in [5.74, 6) is -0.142. The van der Waals surface area contributed by atoms with Gasteiger partial charge in [0.2, 0.25) is 5.91 Å². The molecule has 0 bridgehead atoms. The topological polar surface area (TPSA) is 68.0 Å². The molecular weight excluding hydrogens is 258 g/mol. The van der Waals surface area contributed by atoms with Crippen molar-refractivity contribution in [2.24, 2.45) is 11.1 Å². The summed E-state index contributed by atoms with van der Waals surface area (Å²) in [6.07, 6.45) is 5.83. The number of nitrogens with two attached hydrogens (primary N) is 1. The van der Waals surface area contributed by atoms with Crippen LogP contribution in [0.3, 0.4) is 0 Å². The van der Waals surface area contributed by atoms with E-state index in [1.54, 1.807) is 11.3 Å². The van der Waals surface area contributed by atoms with E-state index in [-0.39, 0.29) is 11.3 Å². The smallest absolute Gasteiger partial charge is 0.243 e. The third kappa shape index (κ3) is 3.54. The summed E-state index contributed by atoms with van der Waals surface area (Å²) in [5.41, 5.74) is 6.89. The lowest BCUT2D eigenvalue weighted by molar-refractivity contribution is -0.119. The zero-order valence-corrected chi connectivity index (χ0v) is 12.8. The van der Waals surface area contributed by atoms with Crippen LogP contribution in [0.4, 0.5) is 5.13 Å². The number of nitrogens with zero attached hydrogens (tertiary/aromatic N) is 1. The largest absolute Gasteiger partial charge is 0.319 e. The molecule has 1 heterocycles. The minimum atomic E-state index is -0.517. The summed E-state index contributed by atoms with van der Waals surface area (Å²) in [6, 6.07) is -0.517. The van der Waals surface area contributed by atoms with Crippen LogP contribution in [0, 0.1) is 5.41 Å². The lowest BCUT2D eigenvalue weighted by Crippen LogP contribution is -2.45. The van der Waals surface area contributed by atoms with Gasteiger partial charge < -0.3 is 11.1 Å². The number of hydrogen-bond acceptors (Lipinski definition) is 4. The van der Waals surface area contributed by atoms with E-state index in [0.29, 0.717) is 5.13 Å². The van der Waals surface area contributed by atoms with Crippen LogP contribution in [0.25, 0.3) is 0 Å². The van der Waals surface area contributed by atoms with E-state index >= 15 is 0 Å². The van der Waals surface area contributed by atoms with E-state index in [2.05, 4.69) is 10.3 Å². The lowest BCUT2D eigenvalue weighted by Gasteiger charge is -2.25. The second-order valence-electron chi connectivity index (χ2n) is 6.28. The van der Waals surface area contributed by atoms with Crippen LogP contribution in [0.5, 0.6) is 0 Å². The minimum Gasteiger partial charge on any atom is -0.319 e. The first-order chi connectivity index (χ1) is 8.88. The Bertz CT molecular complexity index is 438. The van der Waals surface area contributed by atoms with Crippen LogP contribution >= 0.6 is 11.3 Å². The SMILES string of the molecule is CC(C)(C)[C@H](N)C(=O)Nc1nc2c(s1)CCCCC2. The first-order valence-electron chi connectivity index (χ1n) is 6.93. The molecule has 2 rings (SSSR count). The third-order valence-corrected chi connectivity index (χ3v) is 4.61. The van der Waals surface area contributed by atoms with E-state index in [1.807, 2.05) is 20.8 Å². The average Bonchev–Trinajstić information content (AvgIpc) is 2.56. The van der Waals surface area contributed by atoms with Gasteiger partial charge in [0.25, 0.3) is 0 Å². The highest BCUT2D eigenvalue weighted by Gasteiger charge is 2.28. The Hall–Kier alpha value is -0.940. The van der Waals surface area contributed by atoms with Gasteiger partial charge in [0.05, 0.1) is 11.7 Å². The maximum atomic E-state index is 12.1. The molecule has 0 spiro atoms. The molecule has 0 saturated heterocycles. The van der Waals surface area contributed by atoms with Crippen molar-refractivity contribution in [1.82, 2.24) is 4.98 Å². The molecule has 0 aromatic carbocycles. The van der Waals surface area contributed by atoms with Gasteiger partial charge >= 0.3 is 0 Å². The predicted molar refractivity (Wildman–Crippen MR) is 79.4 cm³/mol. The molecule has 1 amide bonds. The number of hydrogen-bond donors (Lipinski definition) is 2. The first kappa shape index (κ1) is 14.5. The van der Waals surface area contributed by atoms with E-state index in [9.17, 15) is 4.79 Å². The van der Waals surface area contributed by atoms with Gasteiger partial charge in [0.15, 0.2) is 5.13 Å². The van der Waals surface area contributed by atoms with Crippen molar-refractivity contribution in [2.75, 3.05) is 5.32 Å². The zero-order valence-electron chi connectivity index (χ0n) is 12.0. The summed E-state index contributed by atoms with van der Waals surface area (Å²) in [6.45, 7) is 5.90. The van der Waals surface area contributed by atoms with Gasteiger partial charge in [-0.3, -0.25) is 4.79 Å². The summed E-state index contributed by atoms with van der Waals surface area (Å²) in [5, 5.41) is 3.57. The van der Waals surface area contributed by atoms with Crippen molar-refractivity contribution in [3.63, 3.8) is 0 Å². The number of carbonyl (C=O) groups excluding carboxylic acids is 1. The molecular formula is C14H23N3OS. The number of nitrogens with one attached hydrogen (secondary N) is 1. The molecule has 106 valence electrons. The standard InChI is InChI=1S/C14H23N3OS/c1-14(2,3)11(15)12(18)17-13-16-9-7-5-4-6-8-10(9)19-13/h11H,4-8,15H2,1-3H3,(H,16,17,18)/t11-/m1/s1. The molecule has 0 aliphatic heterocycles. The summed E-state index contributed by atoms with van der Waals surface area (Å²) in [7, 11) is 0. The number of thiazole rings is 1. The van der Waals surface area contributed by atoms with Gasteiger partial charge in [0, 0.05) is 4.88 Å². The number of aromatic nitrogens is 1. The summed E-state index contributed by atoms with van der Waals surface area (Å²) >= 11 is 1.61. The number of amides is 1. The molecule has 1 aromatic rings. The van der Waals surface area contributed by atoms with Crippen molar-refractivity contribution in [2.45, 2.75) is 58.9 Å². The molecule has 0 unspecified atom stereocenters. The lowest BCUT2D eigenvalue weighted by atomic mass is 9.87. The molecule has 19 heavy (non-hydrogen) atoms. The Morgan fingerprint density at radius 1 is 1.32 bits per heavy atom. The first-order valence-corrected chi connectivity index (χ1v) is 7.74. The molecule has 1 aromatic heterocycles. The van der Waals surface area contributed by atoms with Crippen molar-refractivity contribution < 1.29 is 4.79 Å². The molecule has 4 nitrogen and oxygen atoms in total. The normalized spacial score (nSPS) is 17.5. The quantitative estimate of drug-likeness (QED) is 0.819. The van der Waals surface area contributed by atoms with Gasteiger partial charge in [-0.15, -0.1) is 11.3 Å². The number of anilines is 1. The molecule has 1 aliphatic rings. The number of rotatable bonds is 2. The van der Waals surface area contributed by atoms with Crippen molar-refractivity contribution in [1.29, 1.82) is 0 Å². The van der Waals surface area contributed by atoms with Gasteiger partial charge in [0.1, 0.15) is 0 Å². The fraction of sp³-hybridized carbons (Fsp3) is 0.714. The fourth-order valence-corrected chi connectivity index (χ4v) is 3.21. The van der Waals surface area contributed by atoms with E-state index < -0.39 is 6.04 Å². The Morgan fingerprint density at radius 3 is 2.68 bits per heavy atom. The third-order valence-electron chi connectivity index (χ3n) is 3.54. The van der Waals surface area contributed by atoms with Crippen LogP contribution < -0.4 is 11.1 Å². The minimum absolute atomic E-state index is 0.142. The van der Waals surface area contributed by atoms with Crippen LogP contribution in [-0.4, -0.2) is 16.9 Å². The molecule has 0 fully saturated rings. The molecule has 0 saturated carbocycles. The summed E-state index contributed by atoms with van der Waals surface area (Å²) < 4.78 is 0.